The summed E-state index contributed by atoms with van der Waals surface area (Å²) in [5, 5.41) is 9.41. The van der Waals surface area contributed by atoms with Gasteiger partial charge in [-0.25, -0.2) is 4.98 Å². The van der Waals surface area contributed by atoms with Gasteiger partial charge >= 0.3 is 0 Å². The van der Waals surface area contributed by atoms with Crippen LogP contribution in [0, 0.1) is 6.92 Å². The van der Waals surface area contributed by atoms with Crippen LogP contribution in [0.25, 0.3) is 0 Å². The van der Waals surface area contributed by atoms with E-state index in [0.29, 0.717) is 12.5 Å². The van der Waals surface area contributed by atoms with Gasteiger partial charge in [0.1, 0.15) is 12.3 Å². The summed E-state index contributed by atoms with van der Waals surface area (Å²) in [6, 6.07) is 22.5. The maximum absolute atomic E-state index is 13.0. The van der Waals surface area contributed by atoms with Gasteiger partial charge in [0.05, 0.1) is 6.61 Å². The molecule has 5 nitrogen and oxygen atoms in total. The van der Waals surface area contributed by atoms with Crippen LogP contribution in [-0.4, -0.2) is 29.1 Å². The highest BCUT2D eigenvalue weighted by molar-refractivity contribution is 6.05. The summed E-state index contributed by atoms with van der Waals surface area (Å²) in [4.78, 5) is 18.9. The van der Waals surface area contributed by atoms with Crippen molar-refractivity contribution in [1.29, 1.82) is 0 Å². The molecule has 1 amide bonds. The fourth-order valence-electron chi connectivity index (χ4n) is 2.78. The van der Waals surface area contributed by atoms with E-state index < -0.39 is 0 Å². The summed E-state index contributed by atoms with van der Waals surface area (Å²) in [6.07, 6.45) is 0. The lowest BCUT2D eigenvalue weighted by Crippen LogP contribution is -2.34. The fraction of sp³-hybridized carbons (Fsp3) is 0.182. The second kappa shape index (κ2) is 8.96. The average Bonchev–Trinajstić information content (AvgIpc) is 2.72. The molecule has 0 fully saturated rings. The van der Waals surface area contributed by atoms with Crippen molar-refractivity contribution >= 4 is 11.6 Å². The van der Waals surface area contributed by atoms with Gasteiger partial charge in [-0.2, -0.15) is 0 Å². The third kappa shape index (κ3) is 4.71. The first kappa shape index (κ1) is 18.6. The zero-order valence-electron chi connectivity index (χ0n) is 15.2. The van der Waals surface area contributed by atoms with Gasteiger partial charge in [-0.05, 0) is 30.2 Å². The summed E-state index contributed by atoms with van der Waals surface area (Å²) in [5.74, 6) is 0.113. The highest BCUT2D eigenvalue weighted by Gasteiger charge is 2.20. The molecular formula is C22H22N2O3. The lowest BCUT2D eigenvalue weighted by molar-refractivity contribution is 0.0975. The molecule has 5 heteroatoms. The molecule has 0 atom stereocenters. The van der Waals surface area contributed by atoms with E-state index in [1.807, 2.05) is 61.5 Å². The molecule has 0 saturated carbocycles. The van der Waals surface area contributed by atoms with Crippen LogP contribution in [0.4, 0.5) is 5.69 Å². The van der Waals surface area contributed by atoms with Gasteiger partial charge in [0.2, 0.25) is 5.88 Å². The number of benzene rings is 2. The number of ether oxygens (including phenoxy) is 1. The Morgan fingerprint density at radius 2 is 1.74 bits per heavy atom. The van der Waals surface area contributed by atoms with Gasteiger partial charge < -0.3 is 14.7 Å². The number of para-hydroxylation sites is 1. The van der Waals surface area contributed by atoms with E-state index in [1.54, 1.807) is 23.1 Å². The number of aromatic nitrogens is 1. The summed E-state index contributed by atoms with van der Waals surface area (Å²) < 4.78 is 5.72. The van der Waals surface area contributed by atoms with E-state index in [0.717, 1.165) is 16.8 Å². The van der Waals surface area contributed by atoms with Gasteiger partial charge in [0, 0.05) is 18.3 Å². The lowest BCUT2D eigenvalue weighted by Gasteiger charge is -2.23. The molecule has 27 heavy (non-hydrogen) atoms. The van der Waals surface area contributed by atoms with E-state index in [2.05, 4.69) is 4.98 Å². The second-order valence-corrected chi connectivity index (χ2v) is 6.10. The van der Waals surface area contributed by atoms with Crippen LogP contribution >= 0.6 is 0 Å². The summed E-state index contributed by atoms with van der Waals surface area (Å²) in [7, 11) is 0. The highest BCUT2D eigenvalue weighted by Crippen LogP contribution is 2.22. The van der Waals surface area contributed by atoms with Crippen LogP contribution in [0.3, 0.4) is 0 Å². The maximum Gasteiger partial charge on any atom is 0.277 e. The minimum Gasteiger partial charge on any atom is -0.473 e. The molecule has 1 aromatic heterocycles. The van der Waals surface area contributed by atoms with E-state index >= 15 is 0 Å². The molecule has 0 aliphatic heterocycles. The van der Waals surface area contributed by atoms with Crippen LogP contribution in [0.5, 0.6) is 5.88 Å². The molecule has 1 N–H and O–H groups in total. The molecule has 0 aliphatic rings. The van der Waals surface area contributed by atoms with Crippen LogP contribution in [0.15, 0.2) is 72.8 Å². The Bertz CT molecular complexity index is 897. The SMILES string of the molecule is Cc1ccccc1N(CCO)C(=O)c1cccc(OCc2ccccc2)n1. The van der Waals surface area contributed by atoms with Crippen LogP contribution < -0.4 is 9.64 Å². The molecule has 0 spiro atoms. The Balaban J connectivity index is 1.79. The van der Waals surface area contributed by atoms with E-state index in [4.69, 9.17) is 4.74 Å². The molecular weight excluding hydrogens is 340 g/mol. The van der Waals surface area contributed by atoms with Crippen LogP contribution in [-0.2, 0) is 6.61 Å². The predicted molar refractivity (Wildman–Crippen MR) is 105 cm³/mol. The van der Waals surface area contributed by atoms with Crippen LogP contribution in [0.1, 0.15) is 21.6 Å². The maximum atomic E-state index is 13.0. The van der Waals surface area contributed by atoms with Gasteiger partial charge in [0.15, 0.2) is 0 Å². The number of rotatable bonds is 7. The Kier molecular flexibility index (Phi) is 6.18. The highest BCUT2D eigenvalue weighted by atomic mass is 16.5. The number of aliphatic hydroxyl groups is 1. The number of pyridine rings is 1. The van der Waals surface area contributed by atoms with Gasteiger partial charge in [-0.1, -0.05) is 54.6 Å². The quantitative estimate of drug-likeness (QED) is 0.697. The number of hydrogen-bond acceptors (Lipinski definition) is 4. The first-order valence-electron chi connectivity index (χ1n) is 8.81. The van der Waals surface area contributed by atoms with Crippen molar-refractivity contribution in [1.82, 2.24) is 4.98 Å². The van der Waals surface area contributed by atoms with Crippen molar-refractivity contribution in [2.75, 3.05) is 18.1 Å². The minimum absolute atomic E-state index is 0.135. The third-order valence-electron chi connectivity index (χ3n) is 4.15. The molecule has 3 aromatic rings. The monoisotopic (exact) mass is 362 g/mol. The molecule has 0 aliphatic carbocycles. The largest absolute Gasteiger partial charge is 0.473 e. The molecule has 0 unspecified atom stereocenters. The normalized spacial score (nSPS) is 10.4. The number of amides is 1. The minimum atomic E-state index is -0.275. The summed E-state index contributed by atoms with van der Waals surface area (Å²) in [5.41, 5.74) is 3.01. The fourth-order valence-corrected chi connectivity index (χ4v) is 2.78. The Hall–Kier alpha value is -3.18. The summed E-state index contributed by atoms with van der Waals surface area (Å²) >= 11 is 0. The second-order valence-electron chi connectivity index (χ2n) is 6.10. The first-order valence-corrected chi connectivity index (χ1v) is 8.81. The number of carbonyl (C=O) groups is 1. The molecule has 3 rings (SSSR count). The van der Waals surface area contributed by atoms with E-state index in [1.165, 1.54) is 0 Å². The summed E-state index contributed by atoms with van der Waals surface area (Å²) in [6.45, 7) is 2.37. The van der Waals surface area contributed by atoms with E-state index in [9.17, 15) is 9.90 Å². The smallest absolute Gasteiger partial charge is 0.277 e. The van der Waals surface area contributed by atoms with E-state index in [-0.39, 0.29) is 24.8 Å². The number of hydrogen-bond donors (Lipinski definition) is 1. The number of carbonyl (C=O) groups excluding carboxylic acids is 1. The molecule has 0 radical (unpaired) electrons. The zero-order valence-corrected chi connectivity index (χ0v) is 15.2. The van der Waals surface area contributed by atoms with Gasteiger partial charge in [-0.15, -0.1) is 0 Å². The first-order chi connectivity index (χ1) is 13.2. The van der Waals surface area contributed by atoms with Crippen molar-refractivity contribution in [2.24, 2.45) is 0 Å². The Morgan fingerprint density at radius 1 is 1.00 bits per heavy atom. The molecule has 1 heterocycles. The van der Waals surface area contributed by atoms with Crippen LogP contribution in [0.2, 0.25) is 0 Å². The lowest BCUT2D eigenvalue weighted by atomic mass is 10.1. The molecule has 2 aromatic carbocycles. The van der Waals surface area contributed by atoms with Crippen molar-refractivity contribution in [3.05, 3.63) is 89.6 Å². The van der Waals surface area contributed by atoms with Crippen molar-refractivity contribution in [3.8, 4) is 5.88 Å². The Labute approximate surface area is 158 Å². The topological polar surface area (TPSA) is 62.7 Å². The van der Waals surface area contributed by atoms with Gasteiger partial charge in [-0.3, -0.25) is 4.79 Å². The number of aliphatic hydroxyl groups excluding tert-OH is 1. The number of aryl methyl sites for hydroxylation is 1. The standard InChI is InChI=1S/C22H22N2O3/c1-17-8-5-6-12-20(17)24(14-15-25)22(26)19-11-7-13-21(23-19)27-16-18-9-3-2-4-10-18/h2-13,25H,14-16H2,1H3. The van der Waals surface area contributed by atoms with Crippen molar-refractivity contribution in [3.63, 3.8) is 0 Å². The van der Waals surface area contributed by atoms with Crippen molar-refractivity contribution < 1.29 is 14.6 Å². The molecule has 0 saturated heterocycles. The molecule has 0 bridgehead atoms. The number of anilines is 1. The number of nitrogens with zero attached hydrogens (tertiary/aromatic N) is 2. The zero-order chi connectivity index (χ0) is 19.1. The third-order valence-corrected chi connectivity index (χ3v) is 4.15. The van der Waals surface area contributed by atoms with Crippen molar-refractivity contribution in [2.45, 2.75) is 13.5 Å². The van der Waals surface area contributed by atoms with Gasteiger partial charge in [0.25, 0.3) is 5.91 Å². The average molecular weight is 362 g/mol. The predicted octanol–water partition coefficient (Wildman–Crippen LogP) is 3.61. The Morgan fingerprint density at radius 3 is 2.48 bits per heavy atom. The molecule has 138 valence electrons.